The number of carbonyl (C=O) groups excluding carboxylic acids is 2. The van der Waals surface area contributed by atoms with E-state index in [1.54, 1.807) is 30.6 Å². The van der Waals surface area contributed by atoms with Crippen molar-refractivity contribution >= 4 is 22.7 Å². The highest BCUT2D eigenvalue weighted by molar-refractivity contribution is 6.08. The van der Waals surface area contributed by atoms with Gasteiger partial charge in [-0.25, -0.2) is 9.97 Å². The average Bonchev–Trinajstić information content (AvgIpc) is 3.58. The van der Waals surface area contributed by atoms with Gasteiger partial charge in [0, 0.05) is 29.3 Å². The van der Waals surface area contributed by atoms with Crippen LogP contribution in [0.25, 0.3) is 22.2 Å². The minimum Gasteiger partial charge on any atom is -0.457 e. The first-order valence-electron chi connectivity index (χ1n) is 10.0. The Bertz CT molecular complexity index is 1330. The molecule has 1 atom stereocenters. The van der Waals surface area contributed by atoms with E-state index in [4.69, 9.17) is 16.2 Å². The van der Waals surface area contributed by atoms with Gasteiger partial charge in [0.1, 0.15) is 23.2 Å². The van der Waals surface area contributed by atoms with E-state index >= 15 is 0 Å². The number of hydrogen-bond donors (Lipinski definition) is 2. The van der Waals surface area contributed by atoms with E-state index in [0.717, 1.165) is 27.7 Å². The maximum atomic E-state index is 11.7. The number of hydrogen-bond acceptors (Lipinski definition) is 6. The number of benzene rings is 2. The van der Waals surface area contributed by atoms with Gasteiger partial charge in [0.15, 0.2) is 0 Å². The van der Waals surface area contributed by atoms with E-state index in [-0.39, 0.29) is 5.92 Å². The molecule has 5 rings (SSSR count). The molecule has 4 N–H and O–H groups in total. The molecule has 0 bridgehead atoms. The Morgan fingerprint density at radius 3 is 2.38 bits per heavy atom. The van der Waals surface area contributed by atoms with Gasteiger partial charge in [-0.1, -0.05) is 18.2 Å². The first kappa shape index (κ1) is 19.6. The van der Waals surface area contributed by atoms with Crippen molar-refractivity contribution in [2.24, 2.45) is 16.9 Å². The second-order valence-electron chi connectivity index (χ2n) is 7.76. The lowest BCUT2D eigenvalue weighted by molar-refractivity contribution is -0.133. The van der Waals surface area contributed by atoms with Crippen molar-refractivity contribution in [3.63, 3.8) is 0 Å². The normalized spacial score (nSPS) is 16.4. The molecule has 1 aliphatic rings. The minimum atomic E-state index is -1.29. The molecular formula is C24H19N5O3. The monoisotopic (exact) mass is 425 g/mol. The summed E-state index contributed by atoms with van der Waals surface area (Å²) >= 11 is 0. The number of nitrogens with zero attached hydrogens (tertiary/aromatic N) is 3. The number of pyridine rings is 1. The zero-order chi connectivity index (χ0) is 22.3. The fourth-order valence-corrected chi connectivity index (χ4v) is 4.06. The lowest BCUT2D eigenvalue weighted by Crippen LogP contribution is -2.38. The van der Waals surface area contributed by atoms with E-state index in [9.17, 15) is 9.59 Å². The van der Waals surface area contributed by atoms with Crippen molar-refractivity contribution < 1.29 is 14.3 Å². The Morgan fingerprint density at radius 2 is 1.72 bits per heavy atom. The number of aromatic nitrogens is 3. The molecule has 0 spiro atoms. The third-order valence-corrected chi connectivity index (χ3v) is 5.93. The fourth-order valence-electron chi connectivity index (χ4n) is 4.06. The van der Waals surface area contributed by atoms with Gasteiger partial charge >= 0.3 is 0 Å². The Hall–Kier alpha value is -4.33. The predicted octanol–water partition coefficient (Wildman–Crippen LogP) is 2.93. The fraction of sp³-hybridized carbons (Fsp3) is 0.125. The molecule has 1 unspecified atom stereocenters. The van der Waals surface area contributed by atoms with Gasteiger partial charge in [-0.2, -0.15) is 0 Å². The van der Waals surface area contributed by atoms with Gasteiger partial charge < -0.3 is 16.2 Å². The van der Waals surface area contributed by atoms with Crippen LogP contribution in [0, 0.1) is 5.41 Å². The van der Waals surface area contributed by atoms with Crippen LogP contribution in [0.4, 0.5) is 0 Å². The molecule has 1 aliphatic carbocycles. The molecule has 4 aromatic rings. The number of rotatable bonds is 6. The highest BCUT2D eigenvalue weighted by Crippen LogP contribution is 2.59. The van der Waals surface area contributed by atoms with E-state index in [0.29, 0.717) is 17.9 Å². The molecule has 8 nitrogen and oxygen atoms in total. The summed E-state index contributed by atoms with van der Waals surface area (Å²) in [5, 5.41) is 0.859. The smallest absolute Gasteiger partial charge is 0.233 e. The summed E-state index contributed by atoms with van der Waals surface area (Å²) in [4.78, 5) is 36.2. The molecule has 158 valence electrons. The van der Waals surface area contributed by atoms with E-state index in [1.165, 1.54) is 6.33 Å². The number of carbonyl (C=O) groups is 2. The molecule has 2 amide bonds. The van der Waals surface area contributed by atoms with Gasteiger partial charge in [0.05, 0.1) is 11.2 Å². The van der Waals surface area contributed by atoms with E-state index in [2.05, 4.69) is 15.0 Å². The number of nitrogens with two attached hydrogens (primary N) is 2. The van der Waals surface area contributed by atoms with Crippen LogP contribution in [0.1, 0.15) is 17.9 Å². The van der Waals surface area contributed by atoms with Crippen LogP contribution in [0.5, 0.6) is 11.5 Å². The van der Waals surface area contributed by atoms with Crippen LogP contribution in [0.3, 0.4) is 0 Å². The highest BCUT2D eigenvalue weighted by Gasteiger charge is 2.64. The van der Waals surface area contributed by atoms with Gasteiger partial charge in [0.2, 0.25) is 11.8 Å². The SMILES string of the molecule is NC(=O)C1(C(N)=O)CC1c1ccc(Oc2ccnc3cc(-c4ccncn4)ccc23)cc1. The Morgan fingerprint density at radius 1 is 0.938 bits per heavy atom. The van der Waals surface area contributed by atoms with Crippen LogP contribution in [0.2, 0.25) is 0 Å². The molecule has 1 fully saturated rings. The molecule has 2 heterocycles. The molecule has 0 saturated heterocycles. The highest BCUT2D eigenvalue weighted by atomic mass is 16.5. The number of primary amides is 2. The second-order valence-corrected chi connectivity index (χ2v) is 7.76. The third kappa shape index (κ3) is 3.22. The Kier molecular flexibility index (Phi) is 4.55. The molecule has 1 saturated carbocycles. The maximum absolute atomic E-state index is 11.7. The number of amides is 2. The standard InChI is InChI=1S/C24H19N5O3/c25-22(30)24(23(26)31)12-18(24)14-1-4-16(5-2-14)32-21-8-10-28-20-11-15(3-6-17(20)21)19-7-9-27-13-29-19/h1-11,13,18H,12H2,(H2,25,30)(H2,26,31). The summed E-state index contributed by atoms with van der Waals surface area (Å²) < 4.78 is 6.09. The summed E-state index contributed by atoms with van der Waals surface area (Å²) in [5.41, 5.74) is 12.9. The minimum absolute atomic E-state index is 0.298. The lowest BCUT2D eigenvalue weighted by Gasteiger charge is -2.11. The summed E-state index contributed by atoms with van der Waals surface area (Å²) in [6, 6.07) is 16.7. The van der Waals surface area contributed by atoms with Crippen molar-refractivity contribution in [2.75, 3.05) is 0 Å². The molecule has 0 aliphatic heterocycles. The van der Waals surface area contributed by atoms with Crippen molar-refractivity contribution in [3.05, 3.63) is 78.9 Å². The predicted molar refractivity (Wildman–Crippen MR) is 117 cm³/mol. The molecule has 8 heteroatoms. The van der Waals surface area contributed by atoms with Crippen molar-refractivity contribution in [1.82, 2.24) is 15.0 Å². The average molecular weight is 425 g/mol. The van der Waals surface area contributed by atoms with Gasteiger partial charge in [0.25, 0.3) is 0 Å². The molecule has 32 heavy (non-hydrogen) atoms. The number of ether oxygens (including phenoxy) is 1. The third-order valence-electron chi connectivity index (χ3n) is 5.93. The van der Waals surface area contributed by atoms with Crippen molar-refractivity contribution in [1.29, 1.82) is 0 Å². The van der Waals surface area contributed by atoms with Gasteiger partial charge in [-0.15, -0.1) is 0 Å². The largest absolute Gasteiger partial charge is 0.457 e. The van der Waals surface area contributed by atoms with Crippen LogP contribution in [-0.4, -0.2) is 26.8 Å². The van der Waals surface area contributed by atoms with Crippen LogP contribution < -0.4 is 16.2 Å². The van der Waals surface area contributed by atoms with Gasteiger partial charge in [-0.3, -0.25) is 14.6 Å². The summed E-state index contributed by atoms with van der Waals surface area (Å²) in [6.45, 7) is 0. The van der Waals surface area contributed by atoms with E-state index in [1.807, 2.05) is 36.4 Å². The number of fused-ring (bicyclic) bond motifs is 1. The van der Waals surface area contributed by atoms with Gasteiger partial charge in [-0.05, 0) is 48.4 Å². The molecule has 0 radical (unpaired) electrons. The van der Waals surface area contributed by atoms with Crippen LogP contribution >= 0.6 is 0 Å². The first-order chi connectivity index (χ1) is 15.5. The Balaban J connectivity index is 1.39. The van der Waals surface area contributed by atoms with Crippen molar-refractivity contribution in [3.8, 4) is 22.8 Å². The molecular weight excluding hydrogens is 406 g/mol. The molecule has 2 aromatic heterocycles. The first-order valence-corrected chi connectivity index (χ1v) is 10.0. The van der Waals surface area contributed by atoms with Crippen LogP contribution in [0.15, 0.2) is 73.3 Å². The topological polar surface area (TPSA) is 134 Å². The summed E-state index contributed by atoms with van der Waals surface area (Å²) in [7, 11) is 0. The van der Waals surface area contributed by atoms with Crippen molar-refractivity contribution in [2.45, 2.75) is 12.3 Å². The second kappa shape index (κ2) is 7.42. The zero-order valence-corrected chi connectivity index (χ0v) is 16.9. The zero-order valence-electron chi connectivity index (χ0n) is 16.9. The van der Waals surface area contributed by atoms with E-state index < -0.39 is 17.2 Å². The quantitative estimate of drug-likeness (QED) is 0.456. The van der Waals surface area contributed by atoms with Crippen LogP contribution in [-0.2, 0) is 9.59 Å². The maximum Gasteiger partial charge on any atom is 0.233 e. The summed E-state index contributed by atoms with van der Waals surface area (Å²) in [6.07, 6.45) is 5.23. The molecule has 2 aromatic carbocycles. The Labute approximate surface area is 183 Å². The summed E-state index contributed by atoms with van der Waals surface area (Å²) in [5.74, 6) is -0.383. The lowest BCUT2D eigenvalue weighted by atomic mass is 9.97.